The van der Waals surface area contributed by atoms with Gasteiger partial charge in [0.1, 0.15) is 11.3 Å². The second-order valence-electron chi connectivity index (χ2n) is 6.15. The van der Waals surface area contributed by atoms with E-state index in [1.54, 1.807) is 12.1 Å². The summed E-state index contributed by atoms with van der Waals surface area (Å²) in [6.07, 6.45) is 0. The van der Waals surface area contributed by atoms with Crippen molar-refractivity contribution in [1.29, 1.82) is 0 Å². The molecule has 1 aromatic heterocycles. The van der Waals surface area contributed by atoms with Crippen molar-refractivity contribution >= 4 is 21.9 Å². The summed E-state index contributed by atoms with van der Waals surface area (Å²) in [6.45, 7) is 4.33. The van der Waals surface area contributed by atoms with Crippen LogP contribution in [0.5, 0.6) is 5.75 Å². The highest BCUT2D eigenvalue weighted by molar-refractivity contribution is 5.88. The fourth-order valence-corrected chi connectivity index (χ4v) is 2.79. The molecular weight excluding hydrogens is 286 g/mol. The Morgan fingerprint density at radius 2 is 1.70 bits per heavy atom. The van der Waals surface area contributed by atoms with Crippen molar-refractivity contribution in [3.63, 3.8) is 0 Å². The number of phenolic OH excluding ortho intramolecular Hbond substituents is 1. The Balaban J connectivity index is 1.83. The second kappa shape index (κ2) is 5.13. The highest BCUT2D eigenvalue weighted by atomic mass is 16.3. The fraction of sp³-hybridized carbons (Fsp3) is 0.150. The maximum absolute atomic E-state index is 9.55. The summed E-state index contributed by atoms with van der Waals surface area (Å²) in [6, 6.07) is 17.5. The first kappa shape index (κ1) is 13.8. The Bertz CT molecular complexity index is 1010. The minimum Gasteiger partial charge on any atom is -0.508 e. The van der Waals surface area contributed by atoms with E-state index >= 15 is 0 Å². The molecule has 0 fully saturated rings. The summed E-state index contributed by atoms with van der Waals surface area (Å²) in [5, 5.41) is 11.6. The smallest absolute Gasteiger partial charge is 0.227 e. The molecule has 0 aliphatic heterocycles. The van der Waals surface area contributed by atoms with Gasteiger partial charge in [0.05, 0.1) is 0 Å². The standard InChI is InChI=1S/C20H17NO2/c1-12(2)13-6-8-18-19(11-13)23-20(21-18)16-4-3-15-10-17(22)7-5-14(15)9-16/h3-12,22H,1-2H3. The summed E-state index contributed by atoms with van der Waals surface area (Å²) in [5.41, 5.74) is 3.87. The van der Waals surface area contributed by atoms with E-state index in [4.69, 9.17) is 4.42 Å². The maximum Gasteiger partial charge on any atom is 0.227 e. The van der Waals surface area contributed by atoms with Gasteiger partial charge in [-0.15, -0.1) is 0 Å². The third kappa shape index (κ3) is 2.44. The van der Waals surface area contributed by atoms with Crippen molar-refractivity contribution in [2.45, 2.75) is 19.8 Å². The van der Waals surface area contributed by atoms with Crippen LogP contribution in [0.2, 0.25) is 0 Å². The molecule has 114 valence electrons. The van der Waals surface area contributed by atoms with Crippen LogP contribution in [0, 0.1) is 0 Å². The Kier molecular flexibility index (Phi) is 3.08. The lowest BCUT2D eigenvalue weighted by Gasteiger charge is -2.02. The number of phenols is 1. The summed E-state index contributed by atoms with van der Waals surface area (Å²) in [4.78, 5) is 4.59. The highest BCUT2D eigenvalue weighted by Gasteiger charge is 2.10. The largest absolute Gasteiger partial charge is 0.508 e. The van der Waals surface area contributed by atoms with Gasteiger partial charge in [-0.25, -0.2) is 4.98 Å². The van der Waals surface area contributed by atoms with Gasteiger partial charge in [-0.05, 0) is 58.7 Å². The molecule has 0 aliphatic carbocycles. The van der Waals surface area contributed by atoms with Crippen LogP contribution in [-0.4, -0.2) is 10.1 Å². The lowest BCUT2D eigenvalue weighted by atomic mass is 10.0. The molecule has 0 bridgehead atoms. The number of oxazole rings is 1. The van der Waals surface area contributed by atoms with E-state index in [2.05, 4.69) is 31.0 Å². The molecule has 3 aromatic carbocycles. The van der Waals surface area contributed by atoms with E-state index < -0.39 is 0 Å². The van der Waals surface area contributed by atoms with Gasteiger partial charge in [0.15, 0.2) is 5.58 Å². The third-order valence-electron chi connectivity index (χ3n) is 4.15. The number of aromatic hydroxyl groups is 1. The number of hydrogen-bond acceptors (Lipinski definition) is 3. The SMILES string of the molecule is CC(C)c1ccc2nc(-c3ccc4cc(O)ccc4c3)oc2c1. The van der Waals surface area contributed by atoms with Crippen molar-refractivity contribution in [2.75, 3.05) is 0 Å². The van der Waals surface area contributed by atoms with Crippen LogP contribution in [0.25, 0.3) is 33.3 Å². The van der Waals surface area contributed by atoms with Crippen molar-refractivity contribution < 1.29 is 9.52 Å². The van der Waals surface area contributed by atoms with Crippen LogP contribution < -0.4 is 0 Å². The van der Waals surface area contributed by atoms with Gasteiger partial charge in [0.2, 0.25) is 5.89 Å². The van der Waals surface area contributed by atoms with E-state index in [9.17, 15) is 5.11 Å². The highest BCUT2D eigenvalue weighted by Crippen LogP contribution is 2.29. The fourth-order valence-electron chi connectivity index (χ4n) is 2.79. The lowest BCUT2D eigenvalue weighted by Crippen LogP contribution is -1.85. The van der Waals surface area contributed by atoms with E-state index in [0.717, 1.165) is 27.4 Å². The summed E-state index contributed by atoms with van der Waals surface area (Å²) in [5.74, 6) is 1.35. The molecule has 4 rings (SSSR count). The van der Waals surface area contributed by atoms with Crippen molar-refractivity contribution in [3.8, 4) is 17.2 Å². The quantitative estimate of drug-likeness (QED) is 0.533. The molecular formula is C20H17NO2. The Hall–Kier alpha value is -2.81. The minimum absolute atomic E-state index is 0.272. The summed E-state index contributed by atoms with van der Waals surface area (Å²) in [7, 11) is 0. The average molecular weight is 303 g/mol. The average Bonchev–Trinajstić information content (AvgIpc) is 2.97. The molecule has 0 radical (unpaired) electrons. The number of nitrogens with zero attached hydrogens (tertiary/aromatic N) is 1. The van der Waals surface area contributed by atoms with Gasteiger partial charge >= 0.3 is 0 Å². The van der Waals surface area contributed by atoms with Crippen LogP contribution in [0.1, 0.15) is 25.3 Å². The normalized spacial score (nSPS) is 11.6. The molecule has 0 saturated heterocycles. The van der Waals surface area contributed by atoms with E-state index in [0.29, 0.717) is 11.8 Å². The number of hydrogen-bond donors (Lipinski definition) is 1. The molecule has 4 aromatic rings. The van der Waals surface area contributed by atoms with Crippen molar-refractivity contribution in [1.82, 2.24) is 4.98 Å². The molecule has 0 aliphatic rings. The van der Waals surface area contributed by atoms with Gasteiger partial charge in [-0.1, -0.05) is 32.0 Å². The van der Waals surface area contributed by atoms with Crippen LogP contribution in [0.3, 0.4) is 0 Å². The monoisotopic (exact) mass is 303 g/mol. The lowest BCUT2D eigenvalue weighted by molar-refractivity contribution is 0.476. The Morgan fingerprint density at radius 3 is 2.52 bits per heavy atom. The third-order valence-corrected chi connectivity index (χ3v) is 4.15. The second-order valence-corrected chi connectivity index (χ2v) is 6.15. The van der Waals surface area contributed by atoms with Crippen molar-refractivity contribution in [2.24, 2.45) is 0 Å². The first-order valence-corrected chi connectivity index (χ1v) is 7.74. The van der Waals surface area contributed by atoms with Crippen LogP contribution in [-0.2, 0) is 0 Å². The summed E-state index contributed by atoms with van der Waals surface area (Å²) >= 11 is 0. The molecule has 1 N–H and O–H groups in total. The molecule has 3 nitrogen and oxygen atoms in total. The molecule has 0 amide bonds. The Labute approximate surface area is 134 Å². The summed E-state index contributed by atoms with van der Waals surface area (Å²) < 4.78 is 5.96. The minimum atomic E-state index is 0.272. The molecule has 0 atom stereocenters. The van der Waals surface area contributed by atoms with E-state index in [1.807, 2.05) is 30.3 Å². The predicted molar refractivity (Wildman–Crippen MR) is 92.7 cm³/mol. The number of benzene rings is 3. The topological polar surface area (TPSA) is 46.3 Å². The molecule has 0 unspecified atom stereocenters. The number of rotatable bonds is 2. The van der Waals surface area contributed by atoms with E-state index in [-0.39, 0.29) is 5.75 Å². The van der Waals surface area contributed by atoms with Crippen LogP contribution >= 0.6 is 0 Å². The molecule has 3 heteroatoms. The zero-order valence-corrected chi connectivity index (χ0v) is 13.1. The molecule has 0 spiro atoms. The number of aromatic nitrogens is 1. The van der Waals surface area contributed by atoms with Gasteiger partial charge in [-0.3, -0.25) is 0 Å². The molecule has 23 heavy (non-hydrogen) atoms. The first-order valence-electron chi connectivity index (χ1n) is 7.74. The maximum atomic E-state index is 9.55. The van der Waals surface area contributed by atoms with E-state index in [1.165, 1.54) is 5.56 Å². The van der Waals surface area contributed by atoms with Crippen LogP contribution in [0.4, 0.5) is 0 Å². The zero-order valence-electron chi connectivity index (χ0n) is 13.1. The zero-order chi connectivity index (χ0) is 16.0. The van der Waals surface area contributed by atoms with Crippen LogP contribution in [0.15, 0.2) is 59.0 Å². The first-order chi connectivity index (χ1) is 11.1. The van der Waals surface area contributed by atoms with Gasteiger partial charge in [0.25, 0.3) is 0 Å². The van der Waals surface area contributed by atoms with Gasteiger partial charge < -0.3 is 9.52 Å². The predicted octanol–water partition coefficient (Wildman–Crippen LogP) is 5.48. The van der Waals surface area contributed by atoms with Gasteiger partial charge in [-0.2, -0.15) is 0 Å². The number of fused-ring (bicyclic) bond motifs is 2. The molecule has 0 saturated carbocycles. The Morgan fingerprint density at radius 1 is 0.913 bits per heavy atom. The molecule has 1 heterocycles. The van der Waals surface area contributed by atoms with Gasteiger partial charge in [0, 0.05) is 5.56 Å². The van der Waals surface area contributed by atoms with Crippen molar-refractivity contribution in [3.05, 3.63) is 60.2 Å².